The van der Waals surface area contributed by atoms with Crippen molar-refractivity contribution in [3.63, 3.8) is 0 Å². The van der Waals surface area contributed by atoms with E-state index in [4.69, 9.17) is 11.6 Å². The van der Waals surface area contributed by atoms with Gasteiger partial charge in [0.2, 0.25) is 0 Å². The van der Waals surface area contributed by atoms with Gasteiger partial charge in [-0.05, 0) is 55.7 Å². The average Bonchev–Trinajstić information content (AvgIpc) is 2.25. The molecule has 3 unspecified atom stereocenters. The zero-order chi connectivity index (χ0) is 12.4. The molecule has 2 heteroatoms. The fourth-order valence-electron chi connectivity index (χ4n) is 2.82. The molecule has 94 valence electrons. The number of halogens is 1. The van der Waals surface area contributed by atoms with Gasteiger partial charge in [-0.2, -0.15) is 0 Å². The first-order chi connectivity index (χ1) is 8.06. The van der Waals surface area contributed by atoms with Gasteiger partial charge in [-0.25, -0.2) is 0 Å². The summed E-state index contributed by atoms with van der Waals surface area (Å²) in [6.07, 6.45) is 3.90. The maximum absolute atomic E-state index is 6.26. The lowest BCUT2D eigenvalue weighted by molar-refractivity contribution is 0.276. The minimum Gasteiger partial charge on any atom is -0.381 e. The molecule has 1 nitrogen and oxygen atoms in total. The lowest BCUT2D eigenvalue weighted by Crippen LogP contribution is -2.33. The summed E-state index contributed by atoms with van der Waals surface area (Å²) < 4.78 is 0. The summed E-state index contributed by atoms with van der Waals surface area (Å²) in [5, 5.41) is 4.46. The van der Waals surface area contributed by atoms with Crippen LogP contribution in [0.1, 0.15) is 38.7 Å². The molecule has 0 saturated heterocycles. The minimum absolute atomic E-state index is 0.575. The van der Waals surface area contributed by atoms with Crippen LogP contribution in [0, 0.1) is 18.8 Å². The van der Waals surface area contributed by atoms with Crippen molar-refractivity contribution in [3.8, 4) is 0 Å². The van der Waals surface area contributed by atoms with Gasteiger partial charge in [-0.3, -0.25) is 0 Å². The molecule has 1 N–H and O–H groups in total. The summed E-state index contributed by atoms with van der Waals surface area (Å²) in [6.45, 7) is 6.77. The molecule has 17 heavy (non-hydrogen) atoms. The van der Waals surface area contributed by atoms with Gasteiger partial charge in [0.1, 0.15) is 0 Å². The Morgan fingerprint density at radius 2 is 2.00 bits per heavy atom. The zero-order valence-electron chi connectivity index (χ0n) is 11.0. The van der Waals surface area contributed by atoms with Gasteiger partial charge in [0.05, 0.1) is 10.7 Å². The first kappa shape index (κ1) is 12.8. The number of hydrogen-bond acceptors (Lipinski definition) is 1. The van der Waals surface area contributed by atoms with Gasteiger partial charge < -0.3 is 5.32 Å². The predicted octanol–water partition coefficient (Wildman–Crippen LogP) is 4.89. The summed E-state index contributed by atoms with van der Waals surface area (Å²) >= 11 is 6.26. The van der Waals surface area contributed by atoms with Crippen LogP contribution < -0.4 is 5.32 Å². The Bertz CT molecular complexity index is 389. The standard InChI is InChI=1S/C15H22ClN/c1-10-4-6-14(12(3)8-10)17-15-7-5-11(2)9-13(15)16/h5,7,9-10,12,14,17H,4,6,8H2,1-3H3. The highest BCUT2D eigenvalue weighted by atomic mass is 35.5. The highest BCUT2D eigenvalue weighted by molar-refractivity contribution is 6.33. The average molecular weight is 252 g/mol. The second-order valence-corrected chi connectivity index (χ2v) is 6.04. The molecule has 0 radical (unpaired) electrons. The molecule has 3 atom stereocenters. The van der Waals surface area contributed by atoms with Crippen molar-refractivity contribution in [1.82, 2.24) is 0 Å². The lowest BCUT2D eigenvalue weighted by atomic mass is 9.80. The number of anilines is 1. The molecular formula is C15H22ClN. The van der Waals surface area contributed by atoms with Crippen LogP contribution in [-0.2, 0) is 0 Å². The van der Waals surface area contributed by atoms with Gasteiger partial charge in [0.25, 0.3) is 0 Å². The highest BCUT2D eigenvalue weighted by Gasteiger charge is 2.25. The third kappa shape index (κ3) is 3.16. The summed E-state index contributed by atoms with van der Waals surface area (Å²) in [7, 11) is 0. The molecule has 2 rings (SSSR count). The number of hydrogen-bond donors (Lipinski definition) is 1. The largest absolute Gasteiger partial charge is 0.381 e. The second kappa shape index (κ2) is 5.30. The Balaban J connectivity index is 2.05. The quantitative estimate of drug-likeness (QED) is 0.790. The van der Waals surface area contributed by atoms with Gasteiger partial charge in [-0.15, -0.1) is 0 Å². The Kier molecular flexibility index (Phi) is 3.98. The van der Waals surface area contributed by atoms with Gasteiger partial charge >= 0.3 is 0 Å². The van der Waals surface area contributed by atoms with E-state index in [2.05, 4.69) is 38.2 Å². The maximum atomic E-state index is 6.26. The zero-order valence-corrected chi connectivity index (χ0v) is 11.7. The lowest BCUT2D eigenvalue weighted by Gasteiger charge is -2.34. The normalized spacial score (nSPS) is 29.1. The minimum atomic E-state index is 0.575. The van der Waals surface area contributed by atoms with Crippen LogP contribution in [0.4, 0.5) is 5.69 Å². The molecule has 1 saturated carbocycles. The van der Waals surface area contributed by atoms with Crippen LogP contribution in [0.2, 0.25) is 5.02 Å². The van der Waals surface area contributed by atoms with E-state index in [0.29, 0.717) is 6.04 Å². The molecule has 1 aliphatic carbocycles. The molecule has 1 aromatic rings. The highest BCUT2D eigenvalue weighted by Crippen LogP contribution is 2.32. The maximum Gasteiger partial charge on any atom is 0.0640 e. The number of benzene rings is 1. The molecule has 0 spiro atoms. The van der Waals surface area contributed by atoms with Crippen LogP contribution in [-0.4, -0.2) is 6.04 Å². The van der Waals surface area contributed by atoms with Crippen molar-refractivity contribution in [3.05, 3.63) is 28.8 Å². The molecule has 0 aromatic heterocycles. The fourth-order valence-corrected chi connectivity index (χ4v) is 3.11. The van der Waals surface area contributed by atoms with E-state index in [-0.39, 0.29) is 0 Å². The summed E-state index contributed by atoms with van der Waals surface area (Å²) in [6, 6.07) is 6.82. The second-order valence-electron chi connectivity index (χ2n) is 5.63. The first-order valence-electron chi connectivity index (χ1n) is 6.59. The SMILES string of the molecule is Cc1ccc(NC2CCC(C)CC2C)c(Cl)c1. The molecule has 0 heterocycles. The van der Waals surface area contributed by atoms with Crippen LogP contribution in [0.15, 0.2) is 18.2 Å². The predicted molar refractivity (Wildman–Crippen MR) is 75.8 cm³/mol. The van der Waals surface area contributed by atoms with Crippen molar-refractivity contribution in [2.75, 3.05) is 5.32 Å². The van der Waals surface area contributed by atoms with Crippen LogP contribution >= 0.6 is 11.6 Å². The first-order valence-corrected chi connectivity index (χ1v) is 6.96. The van der Waals surface area contributed by atoms with Crippen molar-refractivity contribution >= 4 is 17.3 Å². The van der Waals surface area contributed by atoms with E-state index >= 15 is 0 Å². The Morgan fingerprint density at radius 3 is 2.65 bits per heavy atom. The molecule has 0 aliphatic heterocycles. The molecule has 1 aromatic carbocycles. The van der Waals surface area contributed by atoms with E-state index in [1.807, 2.05) is 6.07 Å². The third-order valence-electron chi connectivity index (χ3n) is 3.90. The molecular weight excluding hydrogens is 230 g/mol. The van der Waals surface area contributed by atoms with Crippen LogP contribution in [0.25, 0.3) is 0 Å². The van der Waals surface area contributed by atoms with Crippen LogP contribution in [0.3, 0.4) is 0 Å². The summed E-state index contributed by atoms with van der Waals surface area (Å²) in [5.74, 6) is 1.60. The van der Waals surface area contributed by atoms with Crippen LogP contribution in [0.5, 0.6) is 0 Å². The van der Waals surface area contributed by atoms with Crippen molar-refractivity contribution in [2.45, 2.75) is 46.1 Å². The monoisotopic (exact) mass is 251 g/mol. The Labute approximate surface area is 110 Å². The van der Waals surface area contributed by atoms with E-state index in [0.717, 1.165) is 22.5 Å². The Hall–Kier alpha value is -0.690. The smallest absolute Gasteiger partial charge is 0.0640 e. The van der Waals surface area contributed by atoms with E-state index in [1.54, 1.807) is 0 Å². The van der Waals surface area contributed by atoms with E-state index in [1.165, 1.54) is 24.8 Å². The molecule has 0 amide bonds. The summed E-state index contributed by atoms with van der Waals surface area (Å²) in [4.78, 5) is 0. The van der Waals surface area contributed by atoms with E-state index in [9.17, 15) is 0 Å². The molecule has 1 aliphatic rings. The third-order valence-corrected chi connectivity index (χ3v) is 4.21. The Morgan fingerprint density at radius 1 is 1.24 bits per heavy atom. The molecule has 0 bridgehead atoms. The van der Waals surface area contributed by atoms with Crippen molar-refractivity contribution in [1.29, 1.82) is 0 Å². The number of nitrogens with one attached hydrogen (secondary N) is 1. The number of aryl methyl sites for hydroxylation is 1. The van der Waals surface area contributed by atoms with Gasteiger partial charge in [0, 0.05) is 6.04 Å². The topological polar surface area (TPSA) is 12.0 Å². The fraction of sp³-hybridized carbons (Fsp3) is 0.600. The van der Waals surface area contributed by atoms with Crippen molar-refractivity contribution in [2.24, 2.45) is 11.8 Å². The van der Waals surface area contributed by atoms with E-state index < -0.39 is 0 Å². The molecule has 1 fully saturated rings. The van der Waals surface area contributed by atoms with Crippen molar-refractivity contribution < 1.29 is 0 Å². The van der Waals surface area contributed by atoms with Gasteiger partial charge in [0.15, 0.2) is 0 Å². The number of rotatable bonds is 2. The summed E-state index contributed by atoms with van der Waals surface area (Å²) in [5.41, 5.74) is 2.30. The van der Waals surface area contributed by atoms with Gasteiger partial charge in [-0.1, -0.05) is 31.5 Å².